The summed E-state index contributed by atoms with van der Waals surface area (Å²) in [7, 11) is 0. The third kappa shape index (κ3) is 2.25. The van der Waals surface area contributed by atoms with E-state index in [4.69, 9.17) is 11.6 Å². The first-order valence-corrected chi connectivity index (χ1v) is 6.97. The Kier molecular flexibility index (Phi) is 3.36. The molecule has 1 unspecified atom stereocenters. The van der Waals surface area contributed by atoms with Crippen molar-refractivity contribution in [1.82, 2.24) is 0 Å². The maximum Gasteiger partial charge on any atom is 0.326 e. The molecule has 0 aliphatic carbocycles. The predicted octanol–water partition coefficient (Wildman–Crippen LogP) is 4.32. The first kappa shape index (κ1) is 13.0. The van der Waals surface area contributed by atoms with Crippen molar-refractivity contribution in [2.24, 2.45) is 0 Å². The second-order valence-electron chi connectivity index (χ2n) is 4.96. The molecule has 0 fully saturated rings. The topological polar surface area (TPSA) is 32.3 Å². The summed E-state index contributed by atoms with van der Waals surface area (Å²) in [5.74, 6) is 0. The molecule has 1 aliphatic rings. The maximum absolute atomic E-state index is 12.5. The van der Waals surface area contributed by atoms with E-state index in [9.17, 15) is 4.79 Å². The number of para-hydroxylation sites is 2. The van der Waals surface area contributed by atoms with Crippen molar-refractivity contribution in [1.29, 1.82) is 0 Å². The average molecular weight is 287 g/mol. The molecule has 0 aromatic heterocycles. The first-order valence-electron chi connectivity index (χ1n) is 6.59. The molecule has 0 bridgehead atoms. The van der Waals surface area contributed by atoms with Crippen LogP contribution >= 0.6 is 11.6 Å². The van der Waals surface area contributed by atoms with Gasteiger partial charge in [-0.05, 0) is 37.1 Å². The molecular weight excluding hydrogens is 272 g/mol. The predicted molar refractivity (Wildman–Crippen MR) is 82.6 cm³/mol. The smallest absolute Gasteiger partial charge is 0.306 e. The molecule has 1 N–H and O–H groups in total. The number of nitrogens with one attached hydrogen (secondary N) is 1. The van der Waals surface area contributed by atoms with Crippen LogP contribution in [0.5, 0.6) is 0 Å². The SMILES string of the molecule is CC1Cc2ccccc2N1C(=O)Nc1ccccc1Cl. The molecule has 1 heterocycles. The van der Waals surface area contributed by atoms with E-state index in [-0.39, 0.29) is 12.1 Å². The molecule has 20 heavy (non-hydrogen) atoms. The number of anilines is 2. The van der Waals surface area contributed by atoms with E-state index in [0.29, 0.717) is 10.7 Å². The second kappa shape index (κ2) is 5.17. The number of rotatable bonds is 1. The maximum atomic E-state index is 12.5. The number of carbonyl (C=O) groups is 1. The lowest BCUT2D eigenvalue weighted by molar-refractivity contribution is 0.256. The Morgan fingerprint density at radius 1 is 1.20 bits per heavy atom. The summed E-state index contributed by atoms with van der Waals surface area (Å²) in [6.45, 7) is 2.05. The van der Waals surface area contributed by atoms with Gasteiger partial charge in [-0.3, -0.25) is 4.90 Å². The van der Waals surface area contributed by atoms with Gasteiger partial charge in [0, 0.05) is 11.7 Å². The lowest BCUT2D eigenvalue weighted by Gasteiger charge is -2.23. The Balaban J connectivity index is 1.86. The van der Waals surface area contributed by atoms with Crippen molar-refractivity contribution in [3.05, 3.63) is 59.1 Å². The third-order valence-electron chi connectivity index (χ3n) is 3.54. The van der Waals surface area contributed by atoms with Gasteiger partial charge in [0.25, 0.3) is 0 Å². The van der Waals surface area contributed by atoms with E-state index in [1.165, 1.54) is 5.56 Å². The number of halogens is 1. The molecule has 0 radical (unpaired) electrons. The van der Waals surface area contributed by atoms with Gasteiger partial charge in [-0.2, -0.15) is 0 Å². The summed E-state index contributed by atoms with van der Waals surface area (Å²) in [6, 6.07) is 15.2. The van der Waals surface area contributed by atoms with Crippen LogP contribution in [-0.2, 0) is 6.42 Å². The zero-order valence-corrected chi connectivity index (χ0v) is 11.9. The number of hydrogen-bond acceptors (Lipinski definition) is 1. The number of carbonyl (C=O) groups excluding carboxylic acids is 1. The molecule has 102 valence electrons. The number of hydrogen-bond donors (Lipinski definition) is 1. The van der Waals surface area contributed by atoms with Gasteiger partial charge < -0.3 is 5.32 Å². The van der Waals surface area contributed by atoms with Crippen LogP contribution in [0.1, 0.15) is 12.5 Å². The summed E-state index contributed by atoms with van der Waals surface area (Å²) < 4.78 is 0. The average Bonchev–Trinajstić information content (AvgIpc) is 2.77. The third-order valence-corrected chi connectivity index (χ3v) is 3.87. The van der Waals surface area contributed by atoms with Crippen LogP contribution in [-0.4, -0.2) is 12.1 Å². The van der Waals surface area contributed by atoms with Crippen LogP contribution in [0.15, 0.2) is 48.5 Å². The van der Waals surface area contributed by atoms with E-state index in [1.807, 2.05) is 37.3 Å². The Bertz CT molecular complexity index is 656. The van der Waals surface area contributed by atoms with Gasteiger partial charge in [0.15, 0.2) is 0 Å². The minimum atomic E-state index is -0.143. The summed E-state index contributed by atoms with van der Waals surface area (Å²) >= 11 is 6.08. The lowest BCUT2D eigenvalue weighted by atomic mass is 10.1. The fraction of sp³-hybridized carbons (Fsp3) is 0.188. The summed E-state index contributed by atoms with van der Waals surface area (Å²) in [5.41, 5.74) is 2.81. The molecule has 0 spiro atoms. The highest BCUT2D eigenvalue weighted by molar-refractivity contribution is 6.33. The Hall–Kier alpha value is -2.00. The van der Waals surface area contributed by atoms with Crippen molar-refractivity contribution >= 4 is 29.0 Å². The quantitative estimate of drug-likeness (QED) is 0.832. The molecule has 3 nitrogen and oxygen atoms in total. The number of fused-ring (bicyclic) bond motifs is 1. The van der Waals surface area contributed by atoms with Crippen molar-refractivity contribution in [3.63, 3.8) is 0 Å². The van der Waals surface area contributed by atoms with E-state index in [1.54, 1.807) is 17.0 Å². The molecule has 4 heteroatoms. The number of nitrogens with zero attached hydrogens (tertiary/aromatic N) is 1. The molecule has 2 aromatic rings. The normalized spacial score (nSPS) is 16.9. The van der Waals surface area contributed by atoms with Crippen LogP contribution in [0.3, 0.4) is 0 Å². The molecule has 0 saturated heterocycles. The standard InChI is InChI=1S/C16H15ClN2O/c1-11-10-12-6-2-5-9-15(12)19(11)16(20)18-14-8-4-3-7-13(14)17/h2-9,11H,10H2,1H3,(H,18,20). The van der Waals surface area contributed by atoms with Crippen molar-refractivity contribution in [3.8, 4) is 0 Å². The van der Waals surface area contributed by atoms with Gasteiger partial charge in [0.1, 0.15) is 0 Å². The highest BCUT2D eigenvalue weighted by Crippen LogP contribution is 2.32. The molecule has 2 aromatic carbocycles. The van der Waals surface area contributed by atoms with Crippen molar-refractivity contribution in [2.45, 2.75) is 19.4 Å². The van der Waals surface area contributed by atoms with E-state index < -0.39 is 0 Å². The number of amides is 2. The van der Waals surface area contributed by atoms with Gasteiger partial charge >= 0.3 is 6.03 Å². The lowest BCUT2D eigenvalue weighted by Crippen LogP contribution is -2.39. The number of urea groups is 1. The highest BCUT2D eigenvalue weighted by Gasteiger charge is 2.30. The Morgan fingerprint density at radius 2 is 1.90 bits per heavy atom. The van der Waals surface area contributed by atoms with E-state index in [0.717, 1.165) is 12.1 Å². The van der Waals surface area contributed by atoms with Crippen LogP contribution in [0, 0.1) is 0 Å². The molecule has 2 amide bonds. The molecule has 1 atom stereocenters. The van der Waals surface area contributed by atoms with Crippen LogP contribution < -0.4 is 10.2 Å². The van der Waals surface area contributed by atoms with Crippen molar-refractivity contribution < 1.29 is 4.79 Å². The number of benzene rings is 2. The van der Waals surface area contributed by atoms with Gasteiger partial charge in [-0.15, -0.1) is 0 Å². The summed E-state index contributed by atoms with van der Waals surface area (Å²) in [4.78, 5) is 14.3. The van der Waals surface area contributed by atoms with Gasteiger partial charge in [0.2, 0.25) is 0 Å². The minimum Gasteiger partial charge on any atom is -0.306 e. The summed E-state index contributed by atoms with van der Waals surface area (Å²) in [5, 5.41) is 3.42. The van der Waals surface area contributed by atoms with E-state index >= 15 is 0 Å². The van der Waals surface area contributed by atoms with Crippen molar-refractivity contribution in [2.75, 3.05) is 10.2 Å². The van der Waals surface area contributed by atoms with Crippen LogP contribution in [0.4, 0.5) is 16.2 Å². The Labute approximate surface area is 123 Å². The van der Waals surface area contributed by atoms with Gasteiger partial charge in [0.05, 0.1) is 10.7 Å². The fourth-order valence-corrected chi connectivity index (χ4v) is 2.80. The zero-order chi connectivity index (χ0) is 14.1. The van der Waals surface area contributed by atoms with Crippen LogP contribution in [0.2, 0.25) is 5.02 Å². The molecule has 0 saturated carbocycles. The largest absolute Gasteiger partial charge is 0.326 e. The fourth-order valence-electron chi connectivity index (χ4n) is 2.61. The van der Waals surface area contributed by atoms with Crippen LogP contribution in [0.25, 0.3) is 0 Å². The first-order chi connectivity index (χ1) is 9.66. The molecule has 3 rings (SSSR count). The monoisotopic (exact) mass is 286 g/mol. The zero-order valence-electron chi connectivity index (χ0n) is 11.1. The second-order valence-corrected chi connectivity index (χ2v) is 5.37. The molecular formula is C16H15ClN2O. The summed E-state index contributed by atoms with van der Waals surface area (Å²) in [6.07, 6.45) is 0.881. The van der Waals surface area contributed by atoms with E-state index in [2.05, 4.69) is 11.4 Å². The molecule has 1 aliphatic heterocycles. The highest BCUT2D eigenvalue weighted by atomic mass is 35.5. The minimum absolute atomic E-state index is 0.143. The van der Waals surface area contributed by atoms with Gasteiger partial charge in [-0.1, -0.05) is 41.9 Å². The Morgan fingerprint density at radius 3 is 2.70 bits per heavy atom. The van der Waals surface area contributed by atoms with Gasteiger partial charge in [-0.25, -0.2) is 4.79 Å².